The fraction of sp³-hybridized carbons (Fsp3) is 0.600. The van der Waals surface area contributed by atoms with E-state index in [0.29, 0.717) is 31.6 Å². The lowest BCUT2D eigenvalue weighted by Crippen LogP contribution is -2.45. The summed E-state index contributed by atoms with van der Waals surface area (Å²) in [5.74, 6) is -0.902. The molecule has 1 aromatic heterocycles. The number of carbonyl (C=O) groups is 3. The molecule has 1 spiro atoms. The molecule has 144 valence electrons. The molecule has 4 rings (SSSR count). The topological polar surface area (TPSA) is 90.8 Å². The van der Waals surface area contributed by atoms with Crippen LogP contribution in [-0.2, 0) is 9.59 Å². The van der Waals surface area contributed by atoms with Crippen molar-refractivity contribution in [1.29, 1.82) is 0 Å². The Kier molecular flexibility index (Phi) is 4.40. The minimum absolute atomic E-state index is 0.00349. The molecule has 1 saturated carbocycles. The van der Waals surface area contributed by atoms with Crippen LogP contribution in [-0.4, -0.2) is 63.4 Å². The maximum atomic E-state index is 12.8. The highest BCUT2D eigenvalue weighted by molar-refractivity contribution is 5.95. The maximum Gasteiger partial charge on any atom is 0.326 e. The van der Waals surface area contributed by atoms with Crippen LogP contribution in [0, 0.1) is 18.3 Å². The van der Waals surface area contributed by atoms with Crippen LogP contribution in [0.5, 0.6) is 0 Å². The van der Waals surface area contributed by atoms with Gasteiger partial charge in [-0.25, -0.2) is 4.79 Å². The monoisotopic (exact) mass is 371 g/mol. The number of aromatic nitrogens is 1. The summed E-state index contributed by atoms with van der Waals surface area (Å²) >= 11 is 0. The second-order valence-corrected chi connectivity index (χ2v) is 8.28. The average molecular weight is 371 g/mol. The third-order valence-electron chi connectivity index (χ3n) is 6.38. The summed E-state index contributed by atoms with van der Waals surface area (Å²) in [6.45, 7) is 3.58. The Morgan fingerprint density at radius 3 is 2.52 bits per heavy atom. The van der Waals surface area contributed by atoms with E-state index in [9.17, 15) is 19.5 Å². The lowest BCUT2D eigenvalue weighted by Gasteiger charge is -2.39. The summed E-state index contributed by atoms with van der Waals surface area (Å²) in [6.07, 6.45) is 6.99. The number of amides is 2. The van der Waals surface area contributed by atoms with E-state index >= 15 is 0 Å². The van der Waals surface area contributed by atoms with Crippen molar-refractivity contribution in [3.05, 3.63) is 29.6 Å². The molecule has 0 aromatic carbocycles. The van der Waals surface area contributed by atoms with Crippen LogP contribution in [0.4, 0.5) is 0 Å². The first-order chi connectivity index (χ1) is 12.9. The summed E-state index contributed by atoms with van der Waals surface area (Å²) in [4.78, 5) is 44.5. The predicted molar refractivity (Wildman–Crippen MR) is 97.0 cm³/mol. The van der Waals surface area contributed by atoms with Crippen LogP contribution in [0.3, 0.4) is 0 Å². The van der Waals surface area contributed by atoms with Crippen LogP contribution in [0.2, 0.25) is 0 Å². The molecule has 3 heterocycles. The van der Waals surface area contributed by atoms with Crippen molar-refractivity contribution in [2.24, 2.45) is 11.3 Å². The highest BCUT2D eigenvalue weighted by Crippen LogP contribution is 2.45. The van der Waals surface area contributed by atoms with Gasteiger partial charge in [-0.3, -0.25) is 14.6 Å². The van der Waals surface area contributed by atoms with Gasteiger partial charge in [-0.15, -0.1) is 0 Å². The SMILES string of the molecule is Cc1ccncc1C(=O)N1CCC2(CC1)C[C@@H](C(=O)O)N(C(=O)C1CC1)C2. The average Bonchev–Trinajstić information content (AvgIpc) is 3.44. The Morgan fingerprint density at radius 1 is 1.22 bits per heavy atom. The van der Waals surface area contributed by atoms with Crippen molar-refractivity contribution in [3.8, 4) is 0 Å². The van der Waals surface area contributed by atoms with E-state index in [4.69, 9.17) is 0 Å². The molecular weight excluding hydrogens is 346 g/mol. The lowest BCUT2D eigenvalue weighted by molar-refractivity contribution is -0.148. The fourth-order valence-corrected chi connectivity index (χ4v) is 4.48. The van der Waals surface area contributed by atoms with Gasteiger partial charge in [0.2, 0.25) is 5.91 Å². The van der Waals surface area contributed by atoms with Crippen molar-refractivity contribution >= 4 is 17.8 Å². The molecule has 1 aliphatic carbocycles. The van der Waals surface area contributed by atoms with Gasteiger partial charge in [0.25, 0.3) is 5.91 Å². The number of carboxylic acids is 1. The van der Waals surface area contributed by atoms with E-state index < -0.39 is 12.0 Å². The van der Waals surface area contributed by atoms with Crippen molar-refractivity contribution in [3.63, 3.8) is 0 Å². The summed E-state index contributed by atoms with van der Waals surface area (Å²) in [6, 6.07) is 1.11. The second-order valence-electron chi connectivity index (χ2n) is 8.28. The van der Waals surface area contributed by atoms with E-state index in [1.54, 1.807) is 17.3 Å². The first kappa shape index (κ1) is 17.9. The van der Waals surface area contributed by atoms with Gasteiger partial charge in [0.15, 0.2) is 0 Å². The molecule has 0 unspecified atom stereocenters. The van der Waals surface area contributed by atoms with Gasteiger partial charge in [0.1, 0.15) is 6.04 Å². The molecule has 3 fully saturated rings. The fourth-order valence-electron chi connectivity index (χ4n) is 4.48. The molecule has 27 heavy (non-hydrogen) atoms. The lowest BCUT2D eigenvalue weighted by atomic mass is 9.76. The van der Waals surface area contributed by atoms with E-state index in [0.717, 1.165) is 31.2 Å². The number of aryl methyl sites for hydroxylation is 1. The maximum absolute atomic E-state index is 12.8. The number of rotatable bonds is 3. The number of hydrogen-bond acceptors (Lipinski definition) is 4. The first-order valence-electron chi connectivity index (χ1n) is 9.63. The molecule has 1 atom stereocenters. The highest BCUT2D eigenvalue weighted by Gasteiger charge is 2.52. The molecule has 1 aromatic rings. The van der Waals surface area contributed by atoms with Crippen molar-refractivity contribution in [2.75, 3.05) is 19.6 Å². The molecule has 2 amide bonds. The van der Waals surface area contributed by atoms with E-state index in [1.165, 1.54) is 0 Å². The second kappa shape index (κ2) is 6.62. The predicted octanol–water partition coefficient (Wildman–Crippen LogP) is 1.71. The quantitative estimate of drug-likeness (QED) is 0.873. The number of nitrogens with zero attached hydrogens (tertiary/aromatic N) is 3. The van der Waals surface area contributed by atoms with E-state index in [1.807, 2.05) is 17.9 Å². The molecule has 3 aliphatic rings. The summed E-state index contributed by atoms with van der Waals surface area (Å²) < 4.78 is 0. The van der Waals surface area contributed by atoms with Gasteiger partial charge in [-0.2, -0.15) is 0 Å². The van der Waals surface area contributed by atoms with Gasteiger partial charge in [-0.1, -0.05) is 0 Å². The highest BCUT2D eigenvalue weighted by atomic mass is 16.4. The van der Waals surface area contributed by atoms with E-state index in [-0.39, 0.29) is 23.1 Å². The molecule has 2 saturated heterocycles. The first-order valence-corrected chi connectivity index (χ1v) is 9.63. The van der Waals surface area contributed by atoms with Crippen LogP contribution in [0.1, 0.15) is 48.0 Å². The summed E-state index contributed by atoms with van der Waals surface area (Å²) in [5.41, 5.74) is 1.34. The zero-order valence-corrected chi connectivity index (χ0v) is 15.6. The molecule has 7 nitrogen and oxygen atoms in total. The molecular formula is C20H25N3O4. The molecule has 7 heteroatoms. The number of pyridine rings is 1. The van der Waals surface area contributed by atoms with Crippen LogP contribution in [0.15, 0.2) is 18.5 Å². The number of likely N-dealkylation sites (tertiary alicyclic amines) is 2. The van der Waals surface area contributed by atoms with E-state index in [2.05, 4.69) is 4.98 Å². The number of carboxylic acid groups (broad SMARTS) is 1. The Labute approximate surface area is 158 Å². The van der Waals surface area contributed by atoms with Crippen LogP contribution < -0.4 is 0 Å². The zero-order valence-electron chi connectivity index (χ0n) is 15.6. The van der Waals surface area contributed by atoms with Gasteiger partial charge in [0, 0.05) is 37.9 Å². The van der Waals surface area contributed by atoms with Gasteiger partial charge in [-0.05, 0) is 56.1 Å². The van der Waals surface area contributed by atoms with Crippen LogP contribution >= 0.6 is 0 Å². The largest absolute Gasteiger partial charge is 0.480 e. The third kappa shape index (κ3) is 3.31. The number of hydrogen-bond donors (Lipinski definition) is 1. The Balaban J connectivity index is 1.45. The van der Waals surface area contributed by atoms with Gasteiger partial charge in [0.05, 0.1) is 5.56 Å². The van der Waals surface area contributed by atoms with Crippen LogP contribution in [0.25, 0.3) is 0 Å². The van der Waals surface area contributed by atoms with Gasteiger partial charge >= 0.3 is 5.97 Å². The number of aliphatic carboxylic acids is 1. The summed E-state index contributed by atoms with van der Waals surface area (Å²) in [5, 5.41) is 9.60. The Hall–Kier alpha value is -2.44. The molecule has 2 aliphatic heterocycles. The molecule has 1 N–H and O–H groups in total. The van der Waals surface area contributed by atoms with Crippen molar-refractivity contribution in [2.45, 2.75) is 45.1 Å². The summed E-state index contributed by atoms with van der Waals surface area (Å²) in [7, 11) is 0. The smallest absolute Gasteiger partial charge is 0.326 e. The normalized spacial score (nSPS) is 24.3. The molecule has 0 bridgehead atoms. The number of carbonyl (C=O) groups excluding carboxylic acids is 2. The van der Waals surface area contributed by atoms with Crippen molar-refractivity contribution < 1.29 is 19.5 Å². The Morgan fingerprint density at radius 2 is 1.93 bits per heavy atom. The van der Waals surface area contributed by atoms with Crippen molar-refractivity contribution in [1.82, 2.24) is 14.8 Å². The third-order valence-corrected chi connectivity index (χ3v) is 6.38. The number of piperidine rings is 1. The minimum Gasteiger partial charge on any atom is -0.480 e. The molecule has 0 radical (unpaired) electrons. The zero-order chi connectivity index (χ0) is 19.2. The minimum atomic E-state index is -0.912. The van der Waals surface area contributed by atoms with Gasteiger partial charge < -0.3 is 14.9 Å². The Bertz CT molecular complexity index is 781. The standard InChI is InChI=1S/C20H25N3O4/c1-13-4-7-21-11-15(13)18(25)22-8-5-20(6-9-22)10-16(19(26)27)23(12-20)17(24)14-2-3-14/h4,7,11,14,16H,2-3,5-6,8-10,12H2,1H3,(H,26,27)/t16-/m0/s1.